The van der Waals surface area contributed by atoms with Crippen molar-refractivity contribution in [2.45, 2.75) is 32.2 Å². The molecular formula is C25H24N10OS. The molecule has 2 aliphatic heterocycles. The first-order valence-corrected chi connectivity index (χ1v) is 13.7. The van der Waals surface area contributed by atoms with Crippen molar-refractivity contribution in [2.24, 2.45) is 0 Å². The molecule has 0 amide bonds. The molecule has 4 N–H and O–H groups in total. The van der Waals surface area contributed by atoms with Crippen molar-refractivity contribution in [1.29, 1.82) is 0 Å². The van der Waals surface area contributed by atoms with E-state index in [1.165, 1.54) is 0 Å². The van der Waals surface area contributed by atoms with Crippen LogP contribution in [0.4, 0.5) is 23.1 Å². The summed E-state index contributed by atoms with van der Waals surface area (Å²) in [7, 11) is -2.41. The first kappa shape index (κ1) is 21.8. The van der Waals surface area contributed by atoms with Gasteiger partial charge >= 0.3 is 0 Å². The second kappa shape index (κ2) is 7.77. The van der Waals surface area contributed by atoms with Crippen LogP contribution in [0.3, 0.4) is 0 Å². The van der Waals surface area contributed by atoms with Crippen LogP contribution in [0.5, 0.6) is 0 Å². The lowest BCUT2D eigenvalue weighted by atomic mass is 10.0. The molecule has 0 aliphatic carbocycles. The second-order valence-electron chi connectivity index (χ2n) is 9.45. The van der Waals surface area contributed by atoms with Gasteiger partial charge in [0.1, 0.15) is 17.5 Å². The molecule has 0 fully saturated rings. The van der Waals surface area contributed by atoms with Gasteiger partial charge in [-0.05, 0) is 35.9 Å². The quantitative estimate of drug-likeness (QED) is 0.313. The van der Waals surface area contributed by atoms with Crippen molar-refractivity contribution in [3.63, 3.8) is 0 Å². The third-order valence-electron chi connectivity index (χ3n) is 6.92. The lowest BCUT2D eigenvalue weighted by Gasteiger charge is -2.12. The average Bonchev–Trinajstić information content (AvgIpc) is 3.52. The molecule has 2 aliphatic rings. The Labute approximate surface area is 212 Å². The molecule has 0 saturated heterocycles. The van der Waals surface area contributed by atoms with Gasteiger partial charge in [-0.15, -0.1) is 0 Å². The molecule has 0 spiro atoms. The molecule has 1 atom stereocenters. The smallest absolute Gasteiger partial charge is 0.153 e. The molecular weight excluding hydrogens is 488 g/mol. The van der Waals surface area contributed by atoms with Crippen LogP contribution in [0.2, 0.25) is 0 Å². The normalized spacial score (nSPS) is 18.1. The number of pyridine rings is 3. The summed E-state index contributed by atoms with van der Waals surface area (Å²) in [5.41, 5.74) is 11.4. The summed E-state index contributed by atoms with van der Waals surface area (Å²) in [5.74, 6) is 6.85. The Kier molecular flexibility index (Phi) is 4.58. The minimum absolute atomic E-state index is 0.318. The van der Waals surface area contributed by atoms with Crippen LogP contribution in [0, 0.1) is 6.92 Å². The van der Waals surface area contributed by atoms with Gasteiger partial charge in [-0.2, -0.15) is 5.10 Å². The molecule has 0 bridgehead atoms. The molecule has 0 radical (unpaired) electrons. The number of hydrogen-bond donors (Lipinski definition) is 3. The Morgan fingerprint density at radius 1 is 1.16 bits per heavy atom. The molecule has 11 nitrogen and oxygen atoms in total. The Balaban J connectivity index is 1.22. The lowest BCUT2D eigenvalue weighted by Crippen LogP contribution is -2.06. The number of anilines is 4. The topological polar surface area (TPSA) is 141 Å². The van der Waals surface area contributed by atoms with Gasteiger partial charge in [0.2, 0.25) is 0 Å². The second-order valence-corrected chi connectivity index (χ2v) is 11.6. The number of nitrogens with two attached hydrogens (primary N) is 1. The number of aryl methyl sites for hydroxylation is 2. The van der Waals surface area contributed by atoms with Crippen LogP contribution in [0.25, 0.3) is 22.0 Å². The molecule has 5 aromatic rings. The summed E-state index contributed by atoms with van der Waals surface area (Å²) in [6.45, 7) is 3.47. The Morgan fingerprint density at radius 2 is 2.05 bits per heavy atom. The van der Waals surface area contributed by atoms with Crippen LogP contribution < -0.4 is 15.8 Å². The van der Waals surface area contributed by atoms with Gasteiger partial charge in [-0.25, -0.2) is 19.2 Å². The van der Waals surface area contributed by atoms with Crippen molar-refractivity contribution >= 4 is 49.5 Å². The predicted octanol–water partition coefficient (Wildman–Crippen LogP) is 2.88. The standard InChI is InChI=1S/C25H24N10OS/c1-14-17(10-28-20-13-37(2,36)33-24(14)20)19-7-15-8-21(29-11-18(15)25(26)30-19)31-22-9-16-3-5-34-6-4-27-23(34)12-35(16)32-22/h4,6-11H,2-3,5,12-13H2,1H3,(H2,26,30)(H,33,36)(H,29,31,32). The van der Waals surface area contributed by atoms with Gasteiger partial charge < -0.3 is 20.3 Å². The Bertz CT molecular complexity index is 1840. The highest BCUT2D eigenvalue weighted by atomic mass is 32.2. The van der Waals surface area contributed by atoms with E-state index in [1.807, 2.05) is 36.1 Å². The number of nitrogens with zero attached hydrogens (tertiary/aromatic N) is 7. The molecule has 5 aromatic heterocycles. The molecule has 186 valence electrons. The monoisotopic (exact) mass is 512 g/mol. The van der Waals surface area contributed by atoms with E-state index in [2.05, 4.69) is 46.5 Å². The average molecular weight is 513 g/mol. The molecule has 0 saturated carbocycles. The van der Waals surface area contributed by atoms with Crippen LogP contribution in [0.1, 0.15) is 22.8 Å². The van der Waals surface area contributed by atoms with E-state index < -0.39 is 9.71 Å². The molecule has 37 heavy (non-hydrogen) atoms. The first-order chi connectivity index (χ1) is 17.8. The van der Waals surface area contributed by atoms with Crippen LogP contribution in [-0.4, -0.2) is 44.4 Å². The van der Waals surface area contributed by atoms with E-state index in [9.17, 15) is 4.21 Å². The first-order valence-electron chi connectivity index (χ1n) is 11.8. The van der Waals surface area contributed by atoms with Crippen molar-refractivity contribution in [1.82, 2.24) is 34.3 Å². The summed E-state index contributed by atoms with van der Waals surface area (Å²) < 4.78 is 19.6. The fourth-order valence-electron chi connectivity index (χ4n) is 5.03. The summed E-state index contributed by atoms with van der Waals surface area (Å²) >= 11 is 0. The van der Waals surface area contributed by atoms with E-state index in [0.29, 0.717) is 29.6 Å². The van der Waals surface area contributed by atoms with Gasteiger partial charge in [0, 0.05) is 60.5 Å². The number of hydrogen-bond acceptors (Lipinski definition) is 8. The number of imidazole rings is 1. The van der Waals surface area contributed by atoms with Gasteiger partial charge in [0.25, 0.3) is 0 Å². The molecule has 12 heteroatoms. The number of fused-ring (bicyclic) bond motifs is 4. The number of aromatic nitrogens is 7. The van der Waals surface area contributed by atoms with E-state index in [1.54, 1.807) is 12.4 Å². The van der Waals surface area contributed by atoms with Crippen molar-refractivity contribution < 1.29 is 4.21 Å². The van der Waals surface area contributed by atoms with Gasteiger partial charge in [-0.3, -0.25) is 9.67 Å². The SMILES string of the molecule is C=S1(=O)Cc2ncc(-c3cc4cc(Nc5cc6n(n5)Cc5nccn5CC6)ncc4c(N)n3)c(C)c2N1. The zero-order valence-electron chi connectivity index (χ0n) is 20.1. The van der Waals surface area contributed by atoms with E-state index in [4.69, 9.17) is 10.8 Å². The minimum Gasteiger partial charge on any atom is -0.383 e. The van der Waals surface area contributed by atoms with E-state index in [0.717, 1.165) is 63.6 Å². The molecule has 7 rings (SSSR count). The molecule has 1 unspecified atom stereocenters. The Morgan fingerprint density at radius 3 is 2.95 bits per heavy atom. The lowest BCUT2D eigenvalue weighted by molar-refractivity contribution is 0.641. The maximum Gasteiger partial charge on any atom is 0.153 e. The van der Waals surface area contributed by atoms with Gasteiger partial charge in [0.15, 0.2) is 5.82 Å². The number of rotatable bonds is 3. The summed E-state index contributed by atoms with van der Waals surface area (Å²) in [6.07, 6.45) is 8.18. The van der Waals surface area contributed by atoms with E-state index >= 15 is 0 Å². The van der Waals surface area contributed by atoms with Gasteiger partial charge in [-0.1, -0.05) is 0 Å². The molecule has 0 aromatic carbocycles. The summed E-state index contributed by atoms with van der Waals surface area (Å²) in [6, 6.07) is 5.96. The fraction of sp³-hybridized carbons (Fsp3) is 0.200. The highest BCUT2D eigenvalue weighted by Crippen LogP contribution is 2.36. The zero-order valence-corrected chi connectivity index (χ0v) is 20.9. The Hall–Kier alpha value is -4.45. The van der Waals surface area contributed by atoms with Crippen LogP contribution >= 0.6 is 0 Å². The van der Waals surface area contributed by atoms with Crippen molar-refractivity contribution in [2.75, 3.05) is 15.8 Å². The van der Waals surface area contributed by atoms with E-state index in [-0.39, 0.29) is 0 Å². The highest BCUT2D eigenvalue weighted by molar-refractivity contribution is 8.01. The minimum atomic E-state index is -2.41. The van der Waals surface area contributed by atoms with Crippen LogP contribution in [0.15, 0.2) is 43.0 Å². The largest absolute Gasteiger partial charge is 0.383 e. The number of nitrogens with one attached hydrogen (secondary N) is 2. The highest BCUT2D eigenvalue weighted by Gasteiger charge is 2.24. The molecule has 7 heterocycles. The zero-order chi connectivity index (χ0) is 25.3. The van der Waals surface area contributed by atoms with Crippen molar-refractivity contribution in [3.05, 3.63) is 65.8 Å². The van der Waals surface area contributed by atoms with Crippen LogP contribution in [-0.2, 0) is 35.0 Å². The third-order valence-corrected chi connectivity index (χ3v) is 8.23. The maximum absolute atomic E-state index is 12.5. The third kappa shape index (κ3) is 3.68. The maximum atomic E-state index is 12.5. The number of nitrogen functional groups attached to an aromatic ring is 1. The van der Waals surface area contributed by atoms with Gasteiger partial charge in [0.05, 0.1) is 39.1 Å². The summed E-state index contributed by atoms with van der Waals surface area (Å²) in [4.78, 5) is 18.1. The predicted molar refractivity (Wildman–Crippen MR) is 145 cm³/mol. The fourth-order valence-corrected chi connectivity index (χ4v) is 6.41. The summed E-state index contributed by atoms with van der Waals surface area (Å²) in [5, 5.41) is 9.71. The van der Waals surface area contributed by atoms with Crippen molar-refractivity contribution in [3.8, 4) is 11.3 Å².